The van der Waals surface area contributed by atoms with E-state index in [2.05, 4.69) is 15.9 Å². The van der Waals surface area contributed by atoms with Crippen molar-refractivity contribution in [2.24, 2.45) is 0 Å². The lowest BCUT2D eigenvalue weighted by atomic mass is 9.95. The Bertz CT molecular complexity index is 627. The van der Waals surface area contributed by atoms with Crippen molar-refractivity contribution in [3.8, 4) is 5.75 Å². The summed E-state index contributed by atoms with van der Waals surface area (Å²) in [5.41, 5.74) is 3.43. The Labute approximate surface area is 127 Å². The molecule has 0 spiro atoms. The zero-order valence-corrected chi connectivity index (χ0v) is 13.5. The SMILES string of the molecule is CCOc1ccc(C(=O)c2c(C)cccc2C)c(Br)c1. The number of rotatable bonds is 4. The number of hydrogen-bond donors (Lipinski definition) is 0. The van der Waals surface area contributed by atoms with Crippen LogP contribution in [0.2, 0.25) is 0 Å². The summed E-state index contributed by atoms with van der Waals surface area (Å²) in [7, 11) is 0. The van der Waals surface area contributed by atoms with Gasteiger partial charge in [0.2, 0.25) is 0 Å². The molecular weight excluding hydrogens is 316 g/mol. The molecule has 2 aromatic carbocycles. The van der Waals surface area contributed by atoms with Gasteiger partial charge in [0.15, 0.2) is 5.78 Å². The Kier molecular flexibility index (Phi) is 4.61. The largest absolute Gasteiger partial charge is 0.494 e. The van der Waals surface area contributed by atoms with Crippen LogP contribution in [0.25, 0.3) is 0 Å². The van der Waals surface area contributed by atoms with Crippen LogP contribution in [-0.4, -0.2) is 12.4 Å². The quantitative estimate of drug-likeness (QED) is 0.759. The van der Waals surface area contributed by atoms with Gasteiger partial charge >= 0.3 is 0 Å². The van der Waals surface area contributed by atoms with E-state index in [1.165, 1.54) is 0 Å². The molecule has 0 amide bonds. The molecule has 0 atom stereocenters. The van der Waals surface area contributed by atoms with Crippen LogP contribution in [0.1, 0.15) is 34.0 Å². The van der Waals surface area contributed by atoms with Gasteiger partial charge < -0.3 is 4.74 Å². The van der Waals surface area contributed by atoms with Crippen LogP contribution in [0.3, 0.4) is 0 Å². The van der Waals surface area contributed by atoms with E-state index in [9.17, 15) is 4.79 Å². The smallest absolute Gasteiger partial charge is 0.194 e. The number of hydrogen-bond acceptors (Lipinski definition) is 2. The number of carbonyl (C=O) groups excluding carboxylic acids is 1. The van der Waals surface area contributed by atoms with Crippen LogP contribution in [-0.2, 0) is 0 Å². The van der Waals surface area contributed by atoms with E-state index in [1.54, 1.807) is 0 Å². The molecule has 0 aliphatic rings. The molecule has 0 radical (unpaired) electrons. The van der Waals surface area contributed by atoms with Crippen molar-refractivity contribution in [2.75, 3.05) is 6.61 Å². The zero-order valence-electron chi connectivity index (χ0n) is 11.9. The second-order valence-corrected chi connectivity index (χ2v) is 5.52. The molecule has 0 saturated carbocycles. The molecule has 0 aliphatic heterocycles. The van der Waals surface area contributed by atoms with Gasteiger partial charge in [-0.25, -0.2) is 0 Å². The Hall–Kier alpha value is -1.61. The van der Waals surface area contributed by atoms with Crippen LogP contribution in [0.5, 0.6) is 5.75 Å². The van der Waals surface area contributed by atoms with Crippen molar-refractivity contribution in [1.29, 1.82) is 0 Å². The van der Waals surface area contributed by atoms with Crippen LogP contribution < -0.4 is 4.74 Å². The fourth-order valence-electron chi connectivity index (χ4n) is 2.24. The highest BCUT2D eigenvalue weighted by Gasteiger charge is 2.17. The van der Waals surface area contributed by atoms with E-state index < -0.39 is 0 Å². The molecule has 0 heterocycles. The van der Waals surface area contributed by atoms with Crippen LogP contribution in [0.15, 0.2) is 40.9 Å². The molecule has 0 bridgehead atoms. The lowest BCUT2D eigenvalue weighted by Crippen LogP contribution is -2.07. The summed E-state index contributed by atoms with van der Waals surface area (Å²) < 4.78 is 6.19. The summed E-state index contributed by atoms with van der Waals surface area (Å²) in [6.07, 6.45) is 0. The van der Waals surface area contributed by atoms with Crippen molar-refractivity contribution in [3.05, 3.63) is 63.1 Å². The van der Waals surface area contributed by atoms with E-state index >= 15 is 0 Å². The second kappa shape index (κ2) is 6.23. The number of ether oxygens (including phenoxy) is 1. The lowest BCUT2D eigenvalue weighted by molar-refractivity contribution is 0.103. The molecule has 20 heavy (non-hydrogen) atoms. The first kappa shape index (κ1) is 14.8. The molecule has 0 aliphatic carbocycles. The number of aryl methyl sites for hydroxylation is 2. The first-order chi connectivity index (χ1) is 9.54. The third-order valence-corrected chi connectivity index (χ3v) is 3.86. The number of ketones is 1. The van der Waals surface area contributed by atoms with Gasteiger partial charge in [-0.15, -0.1) is 0 Å². The number of benzene rings is 2. The summed E-state index contributed by atoms with van der Waals surface area (Å²) in [5.74, 6) is 0.799. The van der Waals surface area contributed by atoms with Crippen molar-refractivity contribution in [1.82, 2.24) is 0 Å². The molecule has 104 valence electrons. The minimum atomic E-state index is 0.0375. The van der Waals surface area contributed by atoms with Crippen molar-refractivity contribution >= 4 is 21.7 Å². The predicted molar refractivity (Wildman–Crippen MR) is 84.7 cm³/mol. The fourth-order valence-corrected chi connectivity index (χ4v) is 2.78. The van der Waals surface area contributed by atoms with E-state index in [-0.39, 0.29) is 5.78 Å². The summed E-state index contributed by atoms with van der Waals surface area (Å²) >= 11 is 3.46. The molecule has 0 unspecified atom stereocenters. The highest BCUT2D eigenvalue weighted by molar-refractivity contribution is 9.10. The topological polar surface area (TPSA) is 26.3 Å². The number of carbonyl (C=O) groups is 1. The molecular formula is C17H17BrO2. The normalized spacial score (nSPS) is 10.4. The summed E-state index contributed by atoms with van der Waals surface area (Å²) in [4.78, 5) is 12.7. The maximum Gasteiger partial charge on any atom is 0.194 e. The molecule has 0 saturated heterocycles. The van der Waals surface area contributed by atoms with E-state index in [1.807, 2.05) is 57.2 Å². The van der Waals surface area contributed by atoms with Gasteiger partial charge in [-0.05, 0) is 66.0 Å². The Morgan fingerprint density at radius 2 is 1.80 bits per heavy atom. The monoisotopic (exact) mass is 332 g/mol. The van der Waals surface area contributed by atoms with Crippen molar-refractivity contribution < 1.29 is 9.53 Å². The van der Waals surface area contributed by atoms with Crippen molar-refractivity contribution in [3.63, 3.8) is 0 Å². The summed E-state index contributed by atoms with van der Waals surface area (Å²) in [5, 5.41) is 0. The average Bonchev–Trinajstić information content (AvgIpc) is 2.38. The highest BCUT2D eigenvalue weighted by Crippen LogP contribution is 2.27. The molecule has 2 nitrogen and oxygen atoms in total. The first-order valence-corrected chi connectivity index (χ1v) is 7.37. The van der Waals surface area contributed by atoms with Gasteiger partial charge in [0, 0.05) is 15.6 Å². The predicted octanol–water partition coefficient (Wildman–Crippen LogP) is 4.70. The van der Waals surface area contributed by atoms with Gasteiger partial charge in [0.25, 0.3) is 0 Å². The molecule has 0 N–H and O–H groups in total. The van der Waals surface area contributed by atoms with Crippen LogP contribution in [0.4, 0.5) is 0 Å². The first-order valence-electron chi connectivity index (χ1n) is 6.58. The van der Waals surface area contributed by atoms with Gasteiger partial charge in [-0.2, -0.15) is 0 Å². The maximum absolute atomic E-state index is 12.7. The zero-order chi connectivity index (χ0) is 14.7. The van der Waals surface area contributed by atoms with Gasteiger partial charge in [-0.1, -0.05) is 18.2 Å². The molecule has 2 aromatic rings. The minimum Gasteiger partial charge on any atom is -0.494 e. The Balaban J connectivity index is 2.44. The highest BCUT2D eigenvalue weighted by atomic mass is 79.9. The molecule has 0 aromatic heterocycles. The fraction of sp³-hybridized carbons (Fsp3) is 0.235. The van der Waals surface area contributed by atoms with Crippen LogP contribution in [0, 0.1) is 13.8 Å². The maximum atomic E-state index is 12.7. The van der Waals surface area contributed by atoms with Gasteiger partial charge in [-0.3, -0.25) is 4.79 Å². The van der Waals surface area contributed by atoms with Crippen LogP contribution >= 0.6 is 15.9 Å². The molecule has 3 heteroatoms. The van der Waals surface area contributed by atoms with Gasteiger partial charge in [0.1, 0.15) is 5.75 Å². The second-order valence-electron chi connectivity index (χ2n) is 4.67. The number of halogens is 1. The molecule has 2 rings (SSSR count). The minimum absolute atomic E-state index is 0.0375. The summed E-state index contributed by atoms with van der Waals surface area (Å²) in [6, 6.07) is 11.4. The van der Waals surface area contributed by atoms with Gasteiger partial charge in [0.05, 0.1) is 6.61 Å². The standard InChI is InChI=1S/C17H17BrO2/c1-4-20-13-8-9-14(15(18)10-13)17(19)16-11(2)6-5-7-12(16)3/h5-10H,4H2,1-3H3. The summed E-state index contributed by atoms with van der Waals surface area (Å²) in [6.45, 7) is 6.46. The van der Waals surface area contributed by atoms with E-state index in [4.69, 9.17) is 4.74 Å². The van der Waals surface area contributed by atoms with E-state index in [0.717, 1.165) is 26.9 Å². The third kappa shape index (κ3) is 2.93. The average molecular weight is 333 g/mol. The Morgan fingerprint density at radius 3 is 2.35 bits per heavy atom. The Morgan fingerprint density at radius 1 is 1.15 bits per heavy atom. The third-order valence-electron chi connectivity index (χ3n) is 3.20. The molecule has 0 fully saturated rings. The van der Waals surface area contributed by atoms with E-state index in [0.29, 0.717) is 12.2 Å². The lowest BCUT2D eigenvalue weighted by Gasteiger charge is -2.11. The van der Waals surface area contributed by atoms with Crippen molar-refractivity contribution in [2.45, 2.75) is 20.8 Å².